The molecular formula is C14H16N2O3S2. The average Bonchev–Trinajstić information content (AvgIpc) is 2.91. The van der Waals surface area contributed by atoms with E-state index in [1.54, 1.807) is 16.2 Å². The quantitative estimate of drug-likeness (QED) is 0.926. The first-order chi connectivity index (χ1) is 9.90. The molecule has 1 unspecified atom stereocenters. The number of benzene rings is 1. The van der Waals surface area contributed by atoms with Crippen molar-refractivity contribution in [3.63, 3.8) is 0 Å². The van der Waals surface area contributed by atoms with Gasteiger partial charge in [-0.25, -0.2) is 13.6 Å². The first-order valence-electron chi connectivity index (χ1n) is 6.66. The molecule has 7 heteroatoms. The normalized spacial score (nSPS) is 19.6. The van der Waals surface area contributed by atoms with E-state index in [2.05, 4.69) is 12.1 Å². The number of thiophene rings is 1. The molecule has 1 aliphatic heterocycles. The minimum absolute atomic E-state index is 0.00102. The Balaban J connectivity index is 1.71. The van der Waals surface area contributed by atoms with Crippen molar-refractivity contribution in [2.24, 2.45) is 11.1 Å². The zero-order valence-electron chi connectivity index (χ0n) is 11.4. The predicted molar refractivity (Wildman–Crippen MR) is 83.3 cm³/mol. The number of carbonyl (C=O) groups excluding carboxylic acids is 1. The Labute approximate surface area is 127 Å². The van der Waals surface area contributed by atoms with E-state index in [1.165, 1.54) is 10.1 Å². The maximum Gasteiger partial charge on any atom is 0.223 e. The zero-order valence-corrected chi connectivity index (χ0v) is 13.0. The van der Waals surface area contributed by atoms with E-state index in [-0.39, 0.29) is 24.0 Å². The van der Waals surface area contributed by atoms with Crippen LogP contribution in [0.3, 0.4) is 0 Å². The molecule has 0 aliphatic carbocycles. The topological polar surface area (TPSA) is 80.5 Å². The molecule has 2 aromatic rings. The van der Waals surface area contributed by atoms with Gasteiger partial charge in [0.15, 0.2) is 0 Å². The Morgan fingerprint density at radius 2 is 2.10 bits per heavy atom. The molecule has 1 aromatic carbocycles. The van der Waals surface area contributed by atoms with Gasteiger partial charge in [-0.15, -0.1) is 11.3 Å². The lowest BCUT2D eigenvalue weighted by Gasteiger charge is -2.15. The van der Waals surface area contributed by atoms with Crippen molar-refractivity contribution in [3.8, 4) is 0 Å². The summed E-state index contributed by atoms with van der Waals surface area (Å²) >= 11 is 1.66. The minimum Gasteiger partial charge on any atom is -0.337 e. The van der Waals surface area contributed by atoms with E-state index in [0.29, 0.717) is 13.1 Å². The van der Waals surface area contributed by atoms with E-state index in [4.69, 9.17) is 5.14 Å². The summed E-state index contributed by atoms with van der Waals surface area (Å²) in [5.41, 5.74) is 0. The third-order valence-electron chi connectivity index (χ3n) is 3.59. The zero-order chi connectivity index (χ0) is 15.0. The van der Waals surface area contributed by atoms with Crippen LogP contribution in [0.5, 0.6) is 0 Å². The third-order valence-corrected chi connectivity index (χ3v) is 5.62. The number of likely N-dealkylation sites (tertiary alicyclic amines) is 1. The second kappa shape index (κ2) is 5.40. The van der Waals surface area contributed by atoms with Gasteiger partial charge in [0.05, 0.1) is 12.3 Å². The number of sulfonamides is 1. The number of primary sulfonamides is 1. The van der Waals surface area contributed by atoms with Crippen LogP contribution in [0.15, 0.2) is 30.3 Å². The molecule has 2 N–H and O–H groups in total. The molecule has 112 valence electrons. The molecule has 2 heterocycles. The van der Waals surface area contributed by atoms with Gasteiger partial charge in [-0.1, -0.05) is 18.2 Å². The Bertz CT molecular complexity index is 749. The second-order valence-corrected chi connectivity index (χ2v) is 8.25. The summed E-state index contributed by atoms with van der Waals surface area (Å²) in [5.74, 6) is -0.315. The number of nitrogens with zero attached hydrogens (tertiary/aromatic N) is 1. The van der Waals surface area contributed by atoms with Gasteiger partial charge >= 0.3 is 0 Å². The summed E-state index contributed by atoms with van der Waals surface area (Å²) in [6.07, 6.45) is 0.265. The number of carbonyl (C=O) groups is 1. The maximum absolute atomic E-state index is 12.0. The number of hydrogen-bond donors (Lipinski definition) is 1. The molecule has 0 saturated carbocycles. The number of nitrogens with two attached hydrogens (primary N) is 1. The van der Waals surface area contributed by atoms with E-state index in [1.807, 2.05) is 18.2 Å². The van der Waals surface area contributed by atoms with E-state index in [0.717, 1.165) is 4.88 Å². The summed E-state index contributed by atoms with van der Waals surface area (Å²) < 4.78 is 23.4. The van der Waals surface area contributed by atoms with E-state index < -0.39 is 10.0 Å². The van der Waals surface area contributed by atoms with Crippen molar-refractivity contribution in [1.82, 2.24) is 4.90 Å². The molecule has 1 amide bonds. The molecule has 21 heavy (non-hydrogen) atoms. The smallest absolute Gasteiger partial charge is 0.223 e. The summed E-state index contributed by atoms with van der Waals surface area (Å²) in [7, 11) is -3.52. The fourth-order valence-corrected chi connectivity index (χ4v) is 4.71. The van der Waals surface area contributed by atoms with Crippen LogP contribution < -0.4 is 5.14 Å². The average molecular weight is 324 g/mol. The van der Waals surface area contributed by atoms with Crippen molar-refractivity contribution in [3.05, 3.63) is 35.2 Å². The Morgan fingerprint density at radius 3 is 2.81 bits per heavy atom. The molecule has 5 nitrogen and oxygen atoms in total. The summed E-state index contributed by atoms with van der Waals surface area (Å²) in [4.78, 5) is 14.8. The van der Waals surface area contributed by atoms with Gasteiger partial charge in [-0.3, -0.25) is 4.79 Å². The molecule has 3 rings (SSSR count). The molecule has 1 aromatic heterocycles. The lowest BCUT2D eigenvalue weighted by Crippen LogP contribution is -2.27. The largest absolute Gasteiger partial charge is 0.337 e. The highest BCUT2D eigenvalue weighted by Crippen LogP contribution is 2.28. The second-order valence-electron chi connectivity index (χ2n) is 5.42. The van der Waals surface area contributed by atoms with Crippen LogP contribution in [0.1, 0.15) is 11.3 Å². The van der Waals surface area contributed by atoms with Crippen LogP contribution in [0, 0.1) is 5.92 Å². The number of hydrogen-bond acceptors (Lipinski definition) is 4. The van der Waals surface area contributed by atoms with Crippen molar-refractivity contribution in [2.45, 2.75) is 13.0 Å². The Morgan fingerprint density at radius 1 is 1.33 bits per heavy atom. The van der Waals surface area contributed by atoms with Crippen molar-refractivity contribution in [1.29, 1.82) is 0 Å². The molecule has 1 saturated heterocycles. The number of fused-ring (bicyclic) bond motifs is 1. The monoisotopic (exact) mass is 324 g/mol. The van der Waals surface area contributed by atoms with Crippen molar-refractivity contribution < 1.29 is 13.2 Å². The van der Waals surface area contributed by atoms with Gasteiger partial charge < -0.3 is 4.90 Å². The third kappa shape index (κ3) is 3.42. The van der Waals surface area contributed by atoms with Gasteiger partial charge in [-0.2, -0.15) is 0 Å². The fraction of sp³-hybridized carbons (Fsp3) is 0.357. The van der Waals surface area contributed by atoms with Gasteiger partial charge in [-0.05, 0) is 17.5 Å². The number of amides is 1. The summed E-state index contributed by atoms with van der Waals surface area (Å²) in [5, 5.41) is 6.23. The van der Waals surface area contributed by atoms with E-state index >= 15 is 0 Å². The van der Waals surface area contributed by atoms with E-state index in [9.17, 15) is 13.2 Å². The van der Waals surface area contributed by atoms with Crippen LogP contribution in [0.25, 0.3) is 10.1 Å². The van der Waals surface area contributed by atoms with Crippen molar-refractivity contribution >= 4 is 37.4 Å². The van der Waals surface area contributed by atoms with Crippen molar-refractivity contribution in [2.75, 3.05) is 12.3 Å². The minimum atomic E-state index is -3.52. The molecule has 0 bridgehead atoms. The van der Waals surface area contributed by atoms with Gasteiger partial charge in [0.1, 0.15) is 0 Å². The Kier molecular flexibility index (Phi) is 3.73. The van der Waals surface area contributed by atoms with Crippen LogP contribution in [0.2, 0.25) is 0 Å². The first kappa shape index (κ1) is 14.5. The molecule has 1 fully saturated rings. The lowest BCUT2D eigenvalue weighted by molar-refractivity contribution is -0.128. The molecular weight excluding hydrogens is 308 g/mol. The summed E-state index contributed by atoms with van der Waals surface area (Å²) in [6.45, 7) is 1.00. The number of rotatable bonds is 4. The first-order valence-corrected chi connectivity index (χ1v) is 9.19. The maximum atomic E-state index is 12.0. The highest BCUT2D eigenvalue weighted by atomic mass is 32.2. The fourth-order valence-electron chi connectivity index (χ4n) is 2.75. The Hall–Kier alpha value is -1.44. The highest BCUT2D eigenvalue weighted by molar-refractivity contribution is 7.89. The predicted octanol–water partition coefficient (Wildman–Crippen LogP) is 1.54. The van der Waals surface area contributed by atoms with Gasteiger partial charge in [0, 0.05) is 28.5 Å². The standard InChI is InChI=1S/C14H16N2O3S2/c15-21(18,19)9-10-5-14(17)16(7-10)8-12-6-11-3-1-2-4-13(11)20-12/h1-4,6,10H,5,7-9H2,(H2,15,18,19). The van der Waals surface area contributed by atoms with Gasteiger partial charge in [0.25, 0.3) is 0 Å². The molecule has 1 atom stereocenters. The van der Waals surface area contributed by atoms with Gasteiger partial charge in [0.2, 0.25) is 15.9 Å². The summed E-state index contributed by atoms with van der Waals surface area (Å²) in [6, 6.07) is 10.2. The highest BCUT2D eigenvalue weighted by Gasteiger charge is 2.32. The lowest BCUT2D eigenvalue weighted by atomic mass is 10.1. The molecule has 1 aliphatic rings. The van der Waals surface area contributed by atoms with Crippen LogP contribution >= 0.6 is 11.3 Å². The van der Waals surface area contributed by atoms with Crippen LogP contribution in [-0.2, 0) is 21.4 Å². The molecule has 0 radical (unpaired) electrons. The molecule has 0 spiro atoms. The van der Waals surface area contributed by atoms with Crippen LogP contribution in [0.4, 0.5) is 0 Å². The SMILES string of the molecule is NS(=O)(=O)CC1CC(=O)N(Cc2cc3ccccc3s2)C1. The van der Waals surface area contributed by atoms with Crippen LogP contribution in [-0.4, -0.2) is 31.5 Å².